The van der Waals surface area contributed by atoms with Gasteiger partial charge in [0.1, 0.15) is 31.3 Å². The maximum absolute atomic E-state index is 10.1. The maximum atomic E-state index is 10.1. The summed E-state index contributed by atoms with van der Waals surface area (Å²) in [5.41, 5.74) is -0.828. The third-order valence-corrected chi connectivity index (χ3v) is 3.84. The van der Waals surface area contributed by atoms with Crippen LogP contribution in [0.15, 0.2) is 0 Å². The first kappa shape index (κ1) is 9.15. The van der Waals surface area contributed by atoms with Crippen molar-refractivity contribution >= 4 is 7.85 Å². The van der Waals surface area contributed by atoms with Crippen LogP contribution in [0, 0.1) is 0 Å². The van der Waals surface area contributed by atoms with Crippen molar-refractivity contribution in [3.63, 3.8) is 0 Å². The lowest BCUT2D eigenvalue weighted by atomic mass is 9.89. The van der Waals surface area contributed by atoms with Crippen molar-refractivity contribution in [2.75, 3.05) is 13.7 Å². The fraction of sp³-hybridized carbons (Fsp3) is 1.00. The Morgan fingerprint density at radius 3 is 2.71 bits per heavy atom. The van der Waals surface area contributed by atoms with E-state index in [4.69, 9.17) is 14.2 Å². The van der Waals surface area contributed by atoms with E-state index in [1.165, 1.54) is 0 Å². The van der Waals surface area contributed by atoms with Crippen LogP contribution in [0.1, 0.15) is 12.8 Å². The van der Waals surface area contributed by atoms with Crippen LogP contribution < -0.4 is 0 Å². The van der Waals surface area contributed by atoms with Crippen LogP contribution in [0.25, 0.3) is 0 Å². The molecule has 1 N–H and O–H groups in total. The van der Waals surface area contributed by atoms with Crippen molar-refractivity contribution in [3.8, 4) is 0 Å². The molecule has 1 aliphatic carbocycles. The van der Waals surface area contributed by atoms with Gasteiger partial charge >= 0.3 is 0 Å². The Bertz CT molecular complexity index is 268. The van der Waals surface area contributed by atoms with E-state index in [1.54, 1.807) is 7.11 Å². The molecule has 2 heterocycles. The summed E-state index contributed by atoms with van der Waals surface area (Å²) in [6.07, 6.45) is 1.28. The molecule has 3 aliphatic rings. The van der Waals surface area contributed by atoms with Crippen molar-refractivity contribution in [2.24, 2.45) is 0 Å². The van der Waals surface area contributed by atoms with Gasteiger partial charge in [0.15, 0.2) is 0 Å². The molecule has 14 heavy (non-hydrogen) atoms. The Morgan fingerprint density at radius 1 is 1.50 bits per heavy atom. The van der Waals surface area contributed by atoms with Crippen molar-refractivity contribution in [1.82, 2.24) is 0 Å². The molecule has 2 saturated heterocycles. The molecule has 0 aromatic heterocycles. The molecule has 0 amide bonds. The highest BCUT2D eigenvalue weighted by Crippen LogP contribution is 2.61. The van der Waals surface area contributed by atoms with Gasteiger partial charge in [-0.05, 0) is 12.8 Å². The quantitative estimate of drug-likeness (QED) is 0.557. The molecule has 3 unspecified atom stereocenters. The van der Waals surface area contributed by atoms with Gasteiger partial charge < -0.3 is 19.3 Å². The van der Waals surface area contributed by atoms with E-state index in [0.717, 1.165) is 12.8 Å². The topological polar surface area (TPSA) is 47.9 Å². The second kappa shape index (κ2) is 2.53. The van der Waals surface area contributed by atoms with Gasteiger partial charge in [0.2, 0.25) is 0 Å². The van der Waals surface area contributed by atoms with Crippen LogP contribution in [0.3, 0.4) is 0 Å². The number of hydrogen-bond acceptors (Lipinski definition) is 4. The molecule has 2 bridgehead atoms. The Kier molecular flexibility index (Phi) is 1.65. The maximum Gasteiger partial charge on any atom is 0.148 e. The van der Waals surface area contributed by atoms with Crippen molar-refractivity contribution in [3.05, 3.63) is 0 Å². The first-order chi connectivity index (χ1) is 6.65. The monoisotopic (exact) mass is 198 g/mol. The fourth-order valence-electron chi connectivity index (χ4n) is 3.01. The third-order valence-electron chi connectivity index (χ3n) is 3.84. The van der Waals surface area contributed by atoms with Gasteiger partial charge in [-0.1, -0.05) is 0 Å². The lowest BCUT2D eigenvalue weighted by molar-refractivity contribution is -0.196. The first-order valence-electron chi connectivity index (χ1n) is 5.18. The molecular formula is C9H15BO4. The van der Waals surface area contributed by atoms with E-state index in [1.807, 2.05) is 7.85 Å². The molecule has 4 nitrogen and oxygen atoms in total. The van der Waals surface area contributed by atoms with Gasteiger partial charge in [0.05, 0.1) is 12.6 Å². The first-order valence-corrected chi connectivity index (χ1v) is 5.18. The van der Waals surface area contributed by atoms with E-state index in [9.17, 15) is 5.11 Å². The van der Waals surface area contributed by atoms with Gasteiger partial charge in [0.25, 0.3) is 0 Å². The molecule has 0 aromatic carbocycles. The minimum absolute atomic E-state index is 0.0219. The van der Waals surface area contributed by atoms with Gasteiger partial charge in [-0.3, -0.25) is 0 Å². The molecule has 0 aromatic rings. The van der Waals surface area contributed by atoms with E-state index in [0.29, 0.717) is 6.61 Å². The summed E-state index contributed by atoms with van der Waals surface area (Å²) >= 11 is 0. The highest BCUT2D eigenvalue weighted by atomic mass is 16.7. The molecule has 1 saturated carbocycles. The Balaban J connectivity index is 1.97. The lowest BCUT2D eigenvalue weighted by Gasteiger charge is -2.36. The van der Waals surface area contributed by atoms with Crippen LogP contribution in [0.2, 0.25) is 0 Å². The van der Waals surface area contributed by atoms with Crippen LogP contribution in [-0.4, -0.2) is 56.1 Å². The molecule has 0 radical (unpaired) electrons. The Hall–Kier alpha value is -0.0951. The smallest absolute Gasteiger partial charge is 0.148 e. The van der Waals surface area contributed by atoms with Crippen LogP contribution in [0.4, 0.5) is 0 Å². The second-order valence-electron chi connectivity index (χ2n) is 4.67. The van der Waals surface area contributed by atoms with Gasteiger partial charge in [-0.2, -0.15) is 0 Å². The molecule has 5 heteroatoms. The van der Waals surface area contributed by atoms with Crippen molar-refractivity contribution in [1.29, 1.82) is 0 Å². The molecule has 1 spiro atoms. The largest absolute Gasteiger partial charge is 0.387 e. The predicted molar refractivity (Wildman–Crippen MR) is 50.9 cm³/mol. The molecule has 4 atom stereocenters. The van der Waals surface area contributed by atoms with E-state index in [2.05, 4.69) is 0 Å². The summed E-state index contributed by atoms with van der Waals surface area (Å²) in [4.78, 5) is 0. The van der Waals surface area contributed by atoms with Crippen LogP contribution >= 0.6 is 0 Å². The Morgan fingerprint density at radius 2 is 2.21 bits per heavy atom. The standard InChI is InChI=1S/C9H15BO4/c1-12-4-9-6(11)5(7(10)14-9)13-8(9)2-3-8/h5-7,11H,2-4,10H2,1H3/t5?,6?,7?,9-/m0/s1. The van der Waals surface area contributed by atoms with E-state index in [-0.39, 0.29) is 17.7 Å². The highest BCUT2D eigenvalue weighted by Gasteiger charge is 2.77. The molecule has 2 aliphatic heterocycles. The van der Waals surface area contributed by atoms with Gasteiger partial charge in [0, 0.05) is 7.11 Å². The van der Waals surface area contributed by atoms with E-state index < -0.39 is 11.7 Å². The minimum atomic E-state index is -0.591. The summed E-state index contributed by atoms with van der Waals surface area (Å²) < 4.78 is 16.9. The summed E-state index contributed by atoms with van der Waals surface area (Å²) in [5, 5.41) is 10.1. The number of methoxy groups -OCH3 is 1. The van der Waals surface area contributed by atoms with E-state index >= 15 is 0 Å². The molecular weight excluding hydrogens is 183 g/mol. The zero-order valence-corrected chi connectivity index (χ0v) is 8.53. The SMILES string of the molecule is BC1O[C@@]2(COC)C(O)C1OC21CC1. The number of aliphatic hydroxyl groups is 1. The number of fused-ring (bicyclic) bond motifs is 3. The Labute approximate surface area is 83.9 Å². The zero-order valence-electron chi connectivity index (χ0n) is 8.53. The third kappa shape index (κ3) is 0.806. The normalized spacial score (nSPS) is 52.9. The summed E-state index contributed by atoms with van der Waals surface area (Å²) in [6.45, 7) is 0.426. The second-order valence-corrected chi connectivity index (χ2v) is 4.67. The summed E-state index contributed by atoms with van der Waals surface area (Å²) in [5.74, 6) is 0. The number of rotatable bonds is 2. The molecule has 3 fully saturated rings. The summed E-state index contributed by atoms with van der Waals surface area (Å²) in [6, 6.07) is -0.0219. The predicted octanol–water partition coefficient (Wildman–Crippen LogP) is -1.35. The minimum Gasteiger partial charge on any atom is -0.387 e. The molecule has 3 rings (SSSR count). The number of aliphatic hydroxyl groups excluding tert-OH is 1. The lowest BCUT2D eigenvalue weighted by Crippen LogP contribution is -2.53. The zero-order chi connectivity index (χ0) is 9.97. The van der Waals surface area contributed by atoms with Gasteiger partial charge in [-0.25, -0.2) is 0 Å². The van der Waals surface area contributed by atoms with Crippen LogP contribution in [0.5, 0.6) is 0 Å². The highest BCUT2D eigenvalue weighted by molar-refractivity contribution is 6.11. The van der Waals surface area contributed by atoms with Gasteiger partial charge in [-0.15, -0.1) is 0 Å². The van der Waals surface area contributed by atoms with Crippen molar-refractivity contribution < 1.29 is 19.3 Å². The van der Waals surface area contributed by atoms with Crippen LogP contribution in [-0.2, 0) is 14.2 Å². The number of hydrogen-bond donors (Lipinski definition) is 1. The number of ether oxygens (including phenoxy) is 3. The van der Waals surface area contributed by atoms with Crippen molar-refractivity contribution in [2.45, 2.75) is 42.3 Å². The fourth-order valence-corrected chi connectivity index (χ4v) is 3.01. The average Bonchev–Trinajstić information content (AvgIpc) is 2.83. The average molecular weight is 198 g/mol. The summed E-state index contributed by atoms with van der Waals surface area (Å²) in [7, 11) is 3.58. The molecule has 78 valence electrons.